The maximum atomic E-state index is 11.9. The lowest BCUT2D eigenvalue weighted by Crippen LogP contribution is -2.52. The van der Waals surface area contributed by atoms with E-state index in [-0.39, 0.29) is 11.6 Å². The molecule has 1 amide bonds. The summed E-state index contributed by atoms with van der Waals surface area (Å²) in [6.07, 6.45) is 8.70. The number of rotatable bonds is 6. The van der Waals surface area contributed by atoms with Crippen LogP contribution in [0, 0.1) is 0 Å². The first-order chi connectivity index (χ1) is 11.3. The lowest BCUT2D eigenvalue weighted by atomic mass is 9.97. The minimum Gasteiger partial charge on any atom is -0.444 e. The molecule has 0 radical (unpaired) electrons. The van der Waals surface area contributed by atoms with Gasteiger partial charge < -0.3 is 15.4 Å². The molecule has 1 aromatic heterocycles. The van der Waals surface area contributed by atoms with E-state index < -0.39 is 5.60 Å². The fourth-order valence-corrected chi connectivity index (χ4v) is 2.97. The number of aryl methyl sites for hydroxylation is 1. The number of nitrogens with one attached hydrogen (secondary N) is 2. The minimum absolute atomic E-state index is 0.0691. The van der Waals surface area contributed by atoms with Crippen LogP contribution in [0.15, 0.2) is 12.4 Å². The van der Waals surface area contributed by atoms with Gasteiger partial charge in [-0.3, -0.25) is 0 Å². The molecule has 6 heteroatoms. The quantitative estimate of drug-likeness (QED) is 0.836. The van der Waals surface area contributed by atoms with E-state index in [1.165, 1.54) is 12.8 Å². The van der Waals surface area contributed by atoms with Crippen LogP contribution in [-0.4, -0.2) is 33.7 Å². The van der Waals surface area contributed by atoms with Crippen molar-refractivity contribution in [2.45, 2.75) is 77.5 Å². The summed E-state index contributed by atoms with van der Waals surface area (Å²) < 4.78 is 5.33. The number of aromatic nitrogens is 2. The Morgan fingerprint density at radius 3 is 2.42 bits per heavy atom. The number of alkyl carbamates (subject to hydrolysis) is 1. The minimum atomic E-state index is -0.473. The third kappa shape index (κ3) is 5.74. The van der Waals surface area contributed by atoms with Crippen molar-refractivity contribution in [3.05, 3.63) is 23.8 Å². The van der Waals surface area contributed by atoms with Crippen LogP contribution < -0.4 is 10.6 Å². The van der Waals surface area contributed by atoms with Gasteiger partial charge in [0.15, 0.2) is 0 Å². The van der Waals surface area contributed by atoms with Gasteiger partial charge in [0.2, 0.25) is 0 Å². The van der Waals surface area contributed by atoms with Crippen molar-refractivity contribution < 1.29 is 9.53 Å². The van der Waals surface area contributed by atoms with Gasteiger partial charge >= 0.3 is 6.09 Å². The Morgan fingerprint density at radius 1 is 1.25 bits per heavy atom. The predicted octanol–water partition coefficient (Wildman–Crippen LogP) is 2.97. The number of carbonyl (C=O) groups is 1. The Morgan fingerprint density at radius 2 is 1.88 bits per heavy atom. The van der Waals surface area contributed by atoms with Gasteiger partial charge in [0.25, 0.3) is 0 Å². The lowest BCUT2D eigenvalue weighted by molar-refractivity contribution is 0.0509. The molecule has 2 rings (SSSR count). The number of hydrogen-bond acceptors (Lipinski definition) is 5. The van der Waals surface area contributed by atoms with Crippen LogP contribution in [0.4, 0.5) is 4.79 Å². The molecule has 134 valence electrons. The monoisotopic (exact) mass is 334 g/mol. The highest BCUT2D eigenvalue weighted by Crippen LogP contribution is 2.29. The van der Waals surface area contributed by atoms with Crippen LogP contribution in [0.5, 0.6) is 0 Å². The molecule has 2 N–H and O–H groups in total. The van der Waals surface area contributed by atoms with Crippen molar-refractivity contribution in [1.82, 2.24) is 20.6 Å². The fraction of sp³-hybridized carbons (Fsp3) is 0.722. The van der Waals surface area contributed by atoms with Gasteiger partial charge in [0, 0.05) is 43.0 Å². The predicted molar refractivity (Wildman–Crippen MR) is 93.7 cm³/mol. The standard InChI is InChI=1S/C18H30N4O2/c1-5-15-19-10-14(11-20-15)12-22-18(8-6-7-9-18)13-21-16(23)24-17(2,3)4/h10-11,22H,5-9,12-13H2,1-4H3,(H,21,23). The second-order valence-electron chi connectivity index (χ2n) is 7.56. The van der Waals surface area contributed by atoms with Crippen LogP contribution in [0.25, 0.3) is 0 Å². The molecule has 0 atom stereocenters. The van der Waals surface area contributed by atoms with Gasteiger partial charge in [-0.2, -0.15) is 0 Å². The third-order valence-electron chi connectivity index (χ3n) is 4.27. The largest absolute Gasteiger partial charge is 0.444 e. The molecule has 0 aromatic carbocycles. The fourth-order valence-electron chi connectivity index (χ4n) is 2.97. The van der Waals surface area contributed by atoms with Gasteiger partial charge in [-0.15, -0.1) is 0 Å². The average Bonchev–Trinajstić information content (AvgIpc) is 2.99. The number of nitrogens with zero attached hydrogens (tertiary/aromatic N) is 2. The Hall–Kier alpha value is -1.69. The summed E-state index contributed by atoms with van der Waals surface area (Å²) in [5.74, 6) is 0.862. The number of amides is 1. The van der Waals surface area contributed by atoms with Gasteiger partial charge in [-0.1, -0.05) is 19.8 Å². The SMILES string of the molecule is CCc1ncc(CNC2(CNC(=O)OC(C)(C)C)CCCC2)cn1. The molecule has 1 aliphatic carbocycles. The van der Waals surface area contributed by atoms with E-state index in [2.05, 4.69) is 20.6 Å². The zero-order chi connectivity index (χ0) is 17.6. The molecule has 0 aliphatic heterocycles. The third-order valence-corrected chi connectivity index (χ3v) is 4.27. The maximum absolute atomic E-state index is 11.9. The van der Waals surface area contributed by atoms with E-state index in [1.54, 1.807) is 0 Å². The summed E-state index contributed by atoms with van der Waals surface area (Å²) in [6.45, 7) is 8.95. The average molecular weight is 334 g/mol. The molecule has 1 aromatic rings. The van der Waals surface area contributed by atoms with E-state index in [0.717, 1.165) is 30.7 Å². The summed E-state index contributed by atoms with van der Waals surface area (Å²) in [7, 11) is 0. The topological polar surface area (TPSA) is 76.1 Å². The van der Waals surface area contributed by atoms with Crippen molar-refractivity contribution in [1.29, 1.82) is 0 Å². The Bertz CT molecular complexity index is 531. The second-order valence-corrected chi connectivity index (χ2v) is 7.56. The Labute approximate surface area is 144 Å². The van der Waals surface area contributed by atoms with Crippen LogP contribution in [0.2, 0.25) is 0 Å². The first-order valence-electron chi connectivity index (χ1n) is 8.84. The zero-order valence-corrected chi connectivity index (χ0v) is 15.3. The molecule has 1 saturated carbocycles. The summed E-state index contributed by atoms with van der Waals surface area (Å²) in [5.41, 5.74) is 0.523. The van der Waals surface area contributed by atoms with Crippen molar-refractivity contribution in [3.8, 4) is 0 Å². The summed E-state index contributed by atoms with van der Waals surface area (Å²) in [5, 5.41) is 6.54. The first kappa shape index (κ1) is 18.6. The highest BCUT2D eigenvalue weighted by atomic mass is 16.6. The maximum Gasteiger partial charge on any atom is 0.407 e. The summed E-state index contributed by atoms with van der Waals surface area (Å²) in [6, 6.07) is 0. The van der Waals surface area contributed by atoms with Crippen LogP contribution in [0.1, 0.15) is 64.8 Å². The van der Waals surface area contributed by atoms with E-state index in [0.29, 0.717) is 13.1 Å². The second kappa shape index (κ2) is 7.92. The van der Waals surface area contributed by atoms with Crippen molar-refractivity contribution >= 4 is 6.09 Å². The van der Waals surface area contributed by atoms with E-state index in [9.17, 15) is 4.79 Å². The van der Waals surface area contributed by atoms with Crippen molar-refractivity contribution in [3.63, 3.8) is 0 Å². The van der Waals surface area contributed by atoms with E-state index in [1.807, 2.05) is 40.1 Å². The van der Waals surface area contributed by atoms with Gasteiger partial charge in [-0.25, -0.2) is 14.8 Å². The molecule has 1 heterocycles. The molecule has 24 heavy (non-hydrogen) atoms. The van der Waals surface area contributed by atoms with E-state index in [4.69, 9.17) is 4.74 Å². The molecule has 0 saturated heterocycles. The zero-order valence-electron chi connectivity index (χ0n) is 15.3. The van der Waals surface area contributed by atoms with Crippen LogP contribution in [0.3, 0.4) is 0 Å². The molecular formula is C18H30N4O2. The molecule has 1 aliphatic rings. The van der Waals surface area contributed by atoms with Crippen molar-refractivity contribution in [2.75, 3.05) is 6.54 Å². The van der Waals surface area contributed by atoms with Gasteiger partial charge in [0.1, 0.15) is 11.4 Å². The highest BCUT2D eigenvalue weighted by molar-refractivity contribution is 5.67. The van der Waals surface area contributed by atoms with Crippen molar-refractivity contribution in [2.24, 2.45) is 0 Å². The van der Waals surface area contributed by atoms with Gasteiger partial charge in [-0.05, 0) is 33.6 Å². The number of ether oxygens (including phenoxy) is 1. The Kier molecular flexibility index (Phi) is 6.15. The lowest BCUT2D eigenvalue weighted by Gasteiger charge is -2.31. The van der Waals surface area contributed by atoms with E-state index >= 15 is 0 Å². The van der Waals surface area contributed by atoms with Crippen LogP contribution >= 0.6 is 0 Å². The molecule has 0 bridgehead atoms. The number of hydrogen-bond donors (Lipinski definition) is 2. The van der Waals surface area contributed by atoms with Crippen LogP contribution in [-0.2, 0) is 17.7 Å². The summed E-state index contributed by atoms with van der Waals surface area (Å²) >= 11 is 0. The van der Waals surface area contributed by atoms with Gasteiger partial charge in [0.05, 0.1) is 0 Å². The molecule has 1 fully saturated rings. The first-order valence-corrected chi connectivity index (χ1v) is 8.84. The molecular weight excluding hydrogens is 304 g/mol. The normalized spacial score (nSPS) is 16.8. The Balaban J connectivity index is 1.88. The molecule has 0 spiro atoms. The summed E-state index contributed by atoms with van der Waals surface area (Å²) in [4.78, 5) is 20.6. The smallest absolute Gasteiger partial charge is 0.407 e. The number of carbonyl (C=O) groups excluding carboxylic acids is 1. The molecule has 0 unspecified atom stereocenters. The highest BCUT2D eigenvalue weighted by Gasteiger charge is 2.34. The molecule has 6 nitrogen and oxygen atoms in total.